The van der Waals surface area contributed by atoms with Gasteiger partial charge in [0.15, 0.2) is 11.5 Å². The first-order valence-electron chi connectivity index (χ1n) is 11.6. The summed E-state index contributed by atoms with van der Waals surface area (Å²) in [6.07, 6.45) is 0. The fourth-order valence-electron chi connectivity index (χ4n) is 3.60. The summed E-state index contributed by atoms with van der Waals surface area (Å²) in [5.74, 6) is 0.890. The van der Waals surface area contributed by atoms with Crippen LogP contribution in [-0.2, 0) is 10.0 Å². The van der Waals surface area contributed by atoms with Gasteiger partial charge >= 0.3 is 0 Å². The van der Waals surface area contributed by atoms with Crippen molar-refractivity contribution in [2.24, 2.45) is 0 Å². The molecule has 0 aromatic heterocycles. The maximum atomic E-state index is 13.1. The standard InChI is InChI=1S/C27H32N2O5S/c1-6-33-25-15-13-21(16-26(25)34-7-2)20(5)28-27(30)23-17-22(14-12-18(23)3)35(31,32)29-24-11-9-8-10-19(24)4/h8-17,20,29H,6-7H2,1-5H3,(H,28,30). The summed E-state index contributed by atoms with van der Waals surface area (Å²) in [6, 6.07) is 16.9. The lowest BCUT2D eigenvalue weighted by Gasteiger charge is -2.18. The molecule has 7 nitrogen and oxygen atoms in total. The number of para-hydroxylation sites is 1. The zero-order valence-corrected chi connectivity index (χ0v) is 21.5. The van der Waals surface area contributed by atoms with Gasteiger partial charge < -0.3 is 14.8 Å². The lowest BCUT2D eigenvalue weighted by molar-refractivity contribution is 0.0939. The van der Waals surface area contributed by atoms with Crippen molar-refractivity contribution >= 4 is 21.6 Å². The van der Waals surface area contributed by atoms with Crippen LogP contribution in [0.3, 0.4) is 0 Å². The van der Waals surface area contributed by atoms with Crippen molar-refractivity contribution in [3.8, 4) is 11.5 Å². The summed E-state index contributed by atoms with van der Waals surface area (Å²) in [5.41, 5.74) is 3.10. The highest BCUT2D eigenvalue weighted by Crippen LogP contribution is 2.31. The van der Waals surface area contributed by atoms with Crippen molar-refractivity contribution in [1.29, 1.82) is 0 Å². The number of hydrogen-bond donors (Lipinski definition) is 2. The molecule has 1 unspecified atom stereocenters. The number of aryl methyl sites for hydroxylation is 2. The number of hydrogen-bond acceptors (Lipinski definition) is 5. The molecule has 1 amide bonds. The van der Waals surface area contributed by atoms with Crippen molar-refractivity contribution in [2.45, 2.75) is 45.6 Å². The van der Waals surface area contributed by atoms with Crippen LogP contribution in [0.15, 0.2) is 65.6 Å². The van der Waals surface area contributed by atoms with Crippen LogP contribution in [-0.4, -0.2) is 27.5 Å². The highest BCUT2D eigenvalue weighted by Gasteiger charge is 2.20. The van der Waals surface area contributed by atoms with Gasteiger partial charge in [-0.15, -0.1) is 0 Å². The fourth-order valence-corrected chi connectivity index (χ4v) is 4.76. The summed E-state index contributed by atoms with van der Waals surface area (Å²) in [5, 5.41) is 2.96. The minimum Gasteiger partial charge on any atom is -0.490 e. The van der Waals surface area contributed by atoms with E-state index < -0.39 is 10.0 Å². The molecule has 0 bridgehead atoms. The van der Waals surface area contributed by atoms with E-state index in [1.54, 1.807) is 25.1 Å². The van der Waals surface area contributed by atoms with Crippen LogP contribution in [0.5, 0.6) is 11.5 Å². The van der Waals surface area contributed by atoms with Crippen LogP contribution in [0.25, 0.3) is 0 Å². The van der Waals surface area contributed by atoms with E-state index in [1.807, 2.05) is 58.0 Å². The van der Waals surface area contributed by atoms with Crippen LogP contribution in [0, 0.1) is 13.8 Å². The number of ether oxygens (including phenoxy) is 2. The Kier molecular flexibility index (Phi) is 8.40. The lowest BCUT2D eigenvalue weighted by atomic mass is 10.1. The van der Waals surface area contributed by atoms with Crippen molar-refractivity contribution in [3.05, 3.63) is 82.9 Å². The molecule has 0 aliphatic heterocycles. The minimum atomic E-state index is -3.87. The number of carbonyl (C=O) groups excluding carboxylic acids is 1. The first-order chi connectivity index (χ1) is 16.7. The van der Waals surface area contributed by atoms with Gasteiger partial charge in [0, 0.05) is 5.56 Å². The van der Waals surface area contributed by atoms with Gasteiger partial charge in [0.2, 0.25) is 0 Å². The molecule has 3 rings (SSSR count). The first-order valence-corrected chi connectivity index (χ1v) is 13.0. The lowest BCUT2D eigenvalue weighted by Crippen LogP contribution is -2.27. The first kappa shape index (κ1) is 26.1. The molecule has 35 heavy (non-hydrogen) atoms. The highest BCUT2D eigenvalue weighted by molar-refractivity contribution is 7.92. The minimum absolute atomic E-state index is 0.0175. The van der Waals surface area contributed by atoms with Crippen LogP contribution >= 0.6 is 0 Å². The number of amides is 1. The summed E-state index contributed by atoms with van der Waals surface area (Å²) < 4.78 is 39.9. The third kappa shape index (κ3) is 6.33. The maximum Gasteiger partial charge on any atom is 0.261 e. The number of carbonyl (C=O) groups is 1. The Morgan fingerprint density at radius 1 is 0.886 bits per heavy atom. The monoisotopic (exact) mass is 496 g/mol. The molecule has 3 aromatic carbocycles. The Bertz CT molecular complexity index is 1300. The average molecular weight is 497 g/mol. The normalized spacial score (nSPS) is 12.0. The largest absolute Gasteiger partial charge is 0.490 e. The van der Waals surface area contributed by atoms with Gasteiger partial charge in [-0.05, 0) is 81.6 Å². The van der Waals surface area contributed by atoms with E-state index in [0.717, 1.165) is 11.1 Å². The second-order valence-corrected chi connectivity index (χ2v) is 9.85. The van der Waals surface area contributed by atoms with Crippen LogP contribution in [0.2, 0.25) is 0 Å². The molecule has 1 atom stereocenters. The Morgan fingerprint density at radius 3 is 2.26 bits per heavy atom. The summed E-state index contributed by atoms with van der Waals surface area (Å²) in [4.78, 5) is 13.2. The Balaban J connectivity index is 1.83. The van der Waals surface area contributed by atoms with E-state index in [2.05, 4.69) is 10.0 Å². The molecular weight excluding hydrogens is 464 g/mol. The average Bonchev–Trinajstić information content (AvgIpc) is 2.82. The number of sulfonamides is 1. The highest BCUT2D eigenvalue weighted by atomic mass is 32.2. The summed E-state index contributed by atoms with van der Waals surface area (Å²) in [6.45, 7) is 10.3. The smallest absolute Gasteiger partial charge is 0.261 e. The molecular formula is C27H32N2O5S. The Labute approximate surface area is 207 Å². The molecule has 0 heterocycles. The number of benzene rings is 3. The van der Waals surface area contributed by atoms with Gasteiger partial charge in [-0.1, -0.05) is 30.3 Å². The zero-order chi connectivity index (χ0) is 25.6. The van der Waals surface area contributed by atoms with E-state index in [-0.39, 0.29) is 16.8 Å². The maximum absolute atomic E-state index is 13.1. The molecule has 0 radical (unpaired) electrons. The van der Waals surface area contributed by atoms with Crippen molar-refractivity contribution in [1.82, 2.24) is 5.32 Å². The third-order valence-electron chi connectivity index (χ3n) is 5.57. The molecule has 0 spiro atoms. The fraction of sp³-hybridized carbons (Fsp3) is 0.296. The molecule has 0 fully saturated rings. The molecule has 0 aliphatic carbocycles. The predicted molar refractivity (Wildman–Crippen MR) is 138 cm³/mol. The van der Waals surface area contributed by atoms with Crippen molar-refractivity contribution in [3.63, 3.8) is 0 Å². The second-order valence-electron chi connectivity index (χ2n) is 8.16. The van der Waals surface area contributed by atoms with Gasteiger partial charge in [-0.3, -0.25) is 9.52 Å². The topological polar surface area (TPSA) is 93.7 Å². The molecule has 0 saturated carbocycles. The van der Waals surface area contributed by atoms with Gasteiger partial charge in [0.25, 0.3) is 15.9 Å². The predicted octanol–water partition coefficient (Wildman–Crippen LogP) is 5.39. The van der Waals surface area contributed by atoms with E-state index in [1.165, 1.54) is 12.1 Å². The molecule has 186 valence electrons. The van der Waals surface area contributed by atoms with Gasteiger partial charge in [0.05, 0.1) is 29.8 Å². The van der Waals surface area contributed by atoms with E-state index in [9.17, 15) is 13.2 Å². The van der Waals surface area contributed by atoms with Crippen LogP contribution < -0.4 is 19.5 Å². The van der Waals surface area contributed by atoms with Gasteiger partial charge in [-0.25, -0.2) is 8.42 Å². The number of anilines is 1. The van der Waals surface area contributed by atoms with Crippen LogP contribution in [0.4, 0.5) is 5.69 Å². The quantitative estimate of drug-likeness (QED) is 0.392. The Morgan fingerprint density at radius 2 is 1.57 bits per heavy atom. The molecule has 3 aromatic rings. The summed E-state index contributed by atoms with van der Waals surface area (Å²) in [7, 11) is -3.87. The molecule has 0 saturated heterocycles. The SMILES string of the molecule is CCOc1ccc(C(C)NC(=O)c2cc(S(=O)(=O)Nc3ccccc3C)ccc2C)cc1OCC. The van der Waals surface area contributed by atoms with Crippen molar-refractivity contribution in [2.75, 3.05) is 17.9 Å². The Hall–Kier alpha value is -3.52. The van der Waals surface area contributed by atoms with Gasteiger partial charge in [-0.2, -0.15) is 0 Å². The van der Waals surface area contributed by atoms with Crippen molar-refractivity contribution < 1.29 is 22.7 Å². The van der Waals surface area contributed by atoms with Gasteiger partial charge in [0.1, 0.15) is 0 Å². The molecule has 8 heteroatoms. The molecule has 0 aliphatic rings. The third-order valence-corrected chi connectivity index (χ3v) is 6.93. The second kappa shape index (κ2) is 11.3. The zero-order valence-electron chi connectivity index (χ0n) is 20.7. The number of nitrogens with one attached hydrogen (secondary N) is 2. The van der Waals surface area contributed by atoms with E-state index in [0.29, 0.717) is 41.5 Å². The van der Waals surface area contributed by atoms with E-state index in [4.69, 9.17) is 9.47 Å². The van der Waals surface area contributed by atoms with Crippen LogP contribution in [0.1, 0.15) is 53.9 Å². The summed E-state index contributed by atoms with van der Waals surface area (Å²) >= 11 is 0. The molecule has 2 N–H and O–H groups in total. The van der Waals surface area contributed by atoms with E-state index >= 15 is 0 Å². The number of rotatable bonds is 10.